The van der Waals surface area contributed by atoms with E-state index >= 15 is 0 Å². The Morgan fingerprint density at radius 3 is 2.78 bits per heavy atom. The van der Waals surface area contributed by atoms with Crippen LogP contribution in [0, 0.1) is 0 Å². The molecule has 0 aromatic carbocycles. The van der Waals surface area contributed by atoms with Crippen molar-refractivity contribution in [2.24, 2.45) is 0 Å². The van der Waals surface area contributed by atoms with Crippen LogP contribution >= 0.6 is 0 Å². The van der Waals surface area contributed by atoms with Crippen LogP contribution in [-0.4, -0.2) is 24.4 Å². The fourth-order valence-corrected chi connectivity index (χ4v) is 0.626. The van der Waals surface area contributed by atoms with E-state index in [0.717, 1.165) is 0 Å². The summed E-state index contributed by atoms with van der Waals surface area (Å²) in [5, 5.41) is 11.1. The van der Waals surface area contributed by atoms with Gasteiger partial charge in [0.2, 0.25) is 5.91 Å². The number of rotatable bonds is 1. The lowest BCUT2D eigenvalue weighted by atomic mass is 10.5. The van der Waals surface area contributed by atoms with E-state index in [-0.39, 0.29) is 11.7 Å². The Labute approximate surface area is 52.1 Å². The van der Waals surface area contributed by atoms with Gasteiger partial charge < -0.3 is 15.2 Å². The Kier molecular flexibility index (Phi) is 1.40. The molecule has 50 valence electrons. The van der Waals surface area contributed by atoms with Crippen molar-refractivity contribution in [3.63, 3.8) is 0 Å². The molecule has 0 saturated heterocycles. The minimum atomic E-state index is -0.956. The maximum Gasteiger partial charge on any atom is 0.249 e. The van der Waals surface area contributed by atoms with Crippen molar-refractivity contribution in [2.75, 3.05) is 7.11 Å². The molecule has 0 aromatic heterocycles. The Balaban J connectivity index is 2.68. The minimum Gasteiger partial charge on any atom is -0.496 e. The van der Waals surface area contributed by atoms with Crippen LogP contribution in [0.3, 0.4) is 0 Å². The molecule has 0 bridgehead atoms. The number of aliphatic hydroxyl groups is 1. The smallest absolute Gasteiger partial charge is 0.249 e. The van der Waals surface area contributed by atoms with E-state index in [1.807, 2.05) is 0 Å². The summed E-state index contributed by atoms with van der Waals surface area (Å²) in [6, 6.07) is 0. The van der Waals surface area contributed by atoms with Gasteiger partial charge in [-0.1, -0.05) is 0 Å². The summed E-state index contributed by atoms with van der Waals surface area (Å²) in [5.41, 5.74) is 0. The predicted octanol–water partition coefficient (Wildman–Crippen LogP) is -1.04. The van der Waals surface area contributed by atoms with Crippen LogP contribution in [0.2, 0.25) is 0 Å². The van der Waals surface area contributed by atoms with E-state index in [1.165, 1.54) is 13.2 Å². The standard InChI is InChI=1S/C5H7NO3/c1-9-3-2-4(7)6-5(3)8/h2,5,8H,1H3,(H,6,7). The highest BCUT2D eigenvalue weighted by Crippen LogP contribution is 2.05. The first-order chi connectivity index (χ1) is 4.24. The van der Waals surface area contributed by atoms with E-state index in [4.69, 9.17) is 5.11 Å². The second-order valence-electron chi connectivity index (χ2n) is 1.66. The van der Waals surface area contributed by atoms with E-state index < -0.39 is 6.23 Å². The lowest BCUT2D eigenvalue weighted by Crippen LogP contribution is -2.28. The SMILES string of the molecule is COC1=CC(=O)NC1O. The molecule has 2 N–H and O–H groups in total. The lowest BCUT2D eigenvalue weighted by Gasteiger charge is -2.04. The average Bonchev–Trinajstić information content (AvgIpc) is 2.10. The highest BCUT2D eigenvalue weighted by Gasteiger charge is 2.21. The molecule has 1 amide bonds. The summed E-state index contributed by atoms with van der Waals surface area (Å²) in [6.45, 7) is 0. The Morgan fingerprint density at radius 1 is 1.89 bits per heavy atom. The van der Waals surface area contributed by atoms with Crippen molar-refractivity contribution in [2.45, 2.75) is 6.23 Å². The molecule has 0 fully saturated rings. The normalized spacial score (nSPS) is 25.3. The number of amides is 1. The van der Waals surface area contributed by atoms with E-state index in [9.17, 15) is 4.79 Å². The number of aliphatic hydroxyl groups excluding tert-OH is 1. The first-order valence-corrected chi connectivity index (χ1v) is 2.48. The van der Waals surface area contributed by atoms with E-state index in [0.29, 0.717) is 0 Å². The van der Waals surface area contributed by atoms with Crippen molar-refractivity contribution in [1.29, 1.82) is 0 Å². The monoisotopic (exact) mass is 129 g/mol. The van der Waals surface area contributed by atoms with Gasteiger partial charge in [0, 0.05) is 6.08 Å². The van der Waals surface area contributed by atoms with Crippen LogP contribution in [0.4, 0.5) is 0 Å². The zero-order valence-electron chi connectivity index (χ0n) is 4.92. The quantitative estimate of drug-likeness (QED) is 0.475. The molecule has 9 heavy (non-hydrogen) atoms. The van der Waals surface area contributed by atoms with Crippen molar-refractivity contribution in [1.82, 2.24) is 5.32 Å². The molecule has 0 radical (unpaired) electrons. The third kappa shape index (κ3) is 1.02. The molecule has 4 heteroatoms. The maximum absolute atomic E-state index is 10.4. The van der Waals surface area contributed by atoms with Gasteiger partial charge in [-0.2, -0.15) is 0 Å². The number of nitrogens with one attached hydrogen (secondary N) is 1. The third-order valence-electron chi connectivity index (χ3n) is 1.06. The number of hydrogen-bond acceptors (Lipinski definition) is 3. The Hall–Kier alpha value is -1.03. The van der Waals surface area contributed by atoms with Crippen LogP contribution in [-0.2, 0) is 9.53 Å². The predicted molar refractivity (Wildman–Crippen MR) is 29.2 cm³/mol. The molecule has 4 nitrogen and oxygen atoms in total. The molecule has 1 aliphatic rings. The number of hydrogen-bond donors (Lipinski definition) is 2. The number of methoxy groups -OCH3 is 1. The molecule has 1 rings (SSSR count). The fourth-order valence-electron chi connectivity index (χ4n) is 0.626. The van der Waals surface area contributed by atoms with Gasteiger partial charge in [-0.05, 0) is 0 Å². The summed E-state index contributed by atoms with van der Waals surface area (Å²) < 4.78 is 4.62. The van der Waals surface area contributed by atoms with E-state index in [1.54, 1.807) is 0 Å². The topological polar surface area (TPSA) is 58.6 Å². The van der Waals surface area contributed by atoms with Crippen LogP contribution in [0.1, 0.15) is 0 Å². The van der Waals surface area contributed by atoms with Crippen molar-refractivity contribution in [3.8, 4) is 0 Å². The Morgan fingerprint density at radius 2 is 2.56 bits per heavy atom. The van der Waals surface area contributed by atoms with Gasteiger partial charge in [0.05, 0.1) is 7.11 Å². The van der Waals surface area contributed by atoms with Crippen molar-refractivity contribution < 1.29 is 14.6 Å². The van der Waals surface area contributed by atoms with Gasteiger partial charge in [-0.15, -0.1) is 0 Å². The van der Waals surface area contributed by atoms with Gasteiger partial charge in [0.15, 0.2) is 12.0 Å². The molecule has 0 saturated carbocycles. The fraction of sp³-hybridized carbons (Fsp3) is 0.400. The largest absolute Gasteiger partial charge is 0.496 e. The van der Waals surface area contributed by atoms with Gasteiger partial charge >= 0.3 is 0 Å². The van der Waals surface area contributed by atoms with Crippen LogP contribution < -0.4 is 5.32 Å². The molecule has 1 unspecified atom stereocenters. The third-order valence-corrected chi connectivity index (χ3v) is 1.06. The number of ether oxygens (including phenoxy) is 1. The van der Waals surface area contributed by atoms with E-state index in [2.05, 4.69) is 10.1 Å². The lowest BCUT2D eigenvalue weighted by molar-refractivity contribution is -0.117. The molecule has 0 aliphatic carbocycles. The maximum atomic E-state index is 10.4. The first kappa shape index (κ1) is 6.10. The molecular weight excluding hydrogens is 122 g/mol. The van der Waals surface area contributed by atoms with Gasteiger partial charge in [-0.25, -0.2) is 0 Å². The Bertz CT molecular complexity index is 164. The molecule has 1 heterocycles. The zero-order chi connectivity index (χ0) is 6.85. The van der Waals surface area contributed by atoms with Gasteiger partial charge in [-0.3, -0.25) is 4.79 Å². The summed E-state index contributed by atoms with van der Waals surface area (Å²) in [7, 11) is 1.40. The first-order valence-electron chi connectivity index (χ1n) is 2.48. The van der Waals surface area contributed by atoms with Crippen molar-refractivity contribution in [3.05, 3.63) is 11.8 Å². The molecule has 1 aliphatic heterocycles. The zero-order valence-corrected chi connectivity index (χ0v) is 4.92. The summed E-state index contributed by atoms with van der Waals surface area (Å²) in [5.74, 6) is -0.0562. The summed E-state index contributed by atoms with van der Waals surface area (Å²) in [6.07, 6.45) is 0.257. The second kappa shape index (κ2) is 2.06. The molecular formula is C5H7NO3. The minimum absolute atomic E-state index is 0.264. The average molecular weight is 129 g/mol. The number of carbonyl (C=O) groups excluding carboxylic acids is 1. The number of carbonyl (C=O) groups is 1. The van der Waals surface area contributed by atoms with Crippen LogP contribution in [0.25, 0.3) is 0 Å². The highest BCUT2D eigenvalue weighted by molar-refractivity contribution is 5.90. The van der Waals surface area contributed by atoms with Gasteiger partial charge in [0.1, 0.15) is 0 Å². The molecule has 0 aromatic rings. The summed E-state index contributed by atoms with van der Waals surface area (Å²) in [4.78, 5) is 10.4. The summed E-state index contributed by atoms with van der Waals surface area (Å²) >= 11 is 0. The van der Waals surface area contributed by atoms with Crippen LogP contribution in [0.15, 0.2) is 11.8 Å². The second-order valence-corrected chi connectivity index (χ2v) is 1.66. The van der Waals surface area contributed by atoms with Crippen molar-refractivity contribution >= 4 is 5.91 Å². The highest BCUT2D eigenvalue weighted by atomic mass is 16.5. The van der Waals surface area contributed by atoms with Gasteiger partial charge in [0.25, 0.3) is 0 Å². The van der Waals surface area contributed by atoms with Crippen LogP contribution in [0.5, 0.6) is 0 Å². The molecule has 1 atom stereocenters. The molecule has 0 spiro atoms.